The molecule has 0 saturated heterocycles. The number of hydrogen-bond donors (Lipinski definition) is 2. The van der Waals surface area contributed by atoms with Crippen LogP contribution in [0.15, 0.2) is 16.9 Å². The van der Waals surface area contributed by atoms with Gasteiger partial charge in [-0.05, 0) is 18.6 Å². The Hall–Kier alpha value is -1.89. The number of hydrogen-bond acceptors (Lipinski definition) is 5. The number of aliphatic hydroxyl groups is 1. The smallest absolute Gasteiger partial charge is 0.364 e. The molecule has 0 amide bonds. The molecule has 7 heteroatoms. The lowest BCUT2D eigenvalue weighted by Crippen LogP contribution is -2.29. The molecular weight excluding hydrogens is 222 g/mol. The van der Waals surface area contributed by atoms with E-state index < -0.39 is 0 Å². The third kappa shape index (κ3) is 2.28. The Kier molecular flexibility index (Phi) is 3.38. The van der Waals surface area contributed by atoms with Crippen LogP contribution in [-0.2, 0) is 0 Å². The van der Waals surface area contributed by atoms with Crippen LogP contribution in [0.5, 0.6) is 0 Å². The van der Waals surface area contributed by atoms with Crippen LogP contribution in [-0.4, -0.2) is 44.6 Å². The molecule has 7 nitrogen and oxygen atoms in total. The van der Waals surface area contributed by atoms with Crippen LogP contribution in [0.1, 0.15) is 13.3 Å². The quantitative estimate of drug-likeness (QED) is 0.740. The molecule has 2 aromatic heterocycles. The van der Waals surface area contributed by atoms with Crippen LogP contribution in [0.3, 0.4) is 0 Å². The maximum Gasteiger partial charge on any atom is 0.364 e. The third-order valence-corrected chi connectivity index (χ3v) is 2.45. The summed E-state index contributed by atoms with van der Waals surface area (Å²) in [6.07, 6.45) is 0.944. The molecule has 0 aliphatic rings. The maximum atomic E-state index is 11.4. The monoisotopic (exact) mass is 237 g/mol. The minimum Gasteiger partial charge on any atom is -0.395 e. The van der Waals surface area contributed by atoms with E-state index in [-0.39, 0.29) is 12.3 Å². The summed E-state index contributed by atoms with van der Waals surface area (Å²) in [5.74, 6) is 0.664. The van der Waals surface area contributed by atoms with E-state index in [0.717, 1.165) is 13.0 Å². The van der Waals surface area contributed by atoms with Crippen LogP contribution in [0.2, 0.25) is 0 Å². The van der Waals surface area contributed by atoms with E-state index in [2.05, 4.69) is 15.3 Å². The SMILES string of the molecule is CCCN(CCO)c1ccc2n[nH]c(=O)n2n1. The van der Waals surface area contributed by atoms with Gasteiger partial charge in [0.25, 0.3) is 0 Å². The van der Waals surface area contributed by atoms with Crippen LogP contribution in [0.4, 0.5) is 5.82 Å². The van der Waals surface area contributed by atoms with Crippen molar-refractivity contribution in [1.29, 1.82) is 0 Å². The molecule has 0 saturated carbocycles. The standard InChI is InChI=1S/C10H15N5O2/c1-2-5-14(6-7-16)9-4-3-8-11-12-10(17)15(8)13-9/h3-4,16H,2,5-7H2,1H3,(H,12,17). The lowest BCUT2D eigenvalue weighted by atomic mass is 10.4. The number of rotatable bonds is 5. The summed E-state index contributed by atoms with van der Waals surface area (Å²) >= 11 is 0. The minimum atomic E-state index is -0.359. The Morgan fingerprint density at radius 3 is 3.00 bits per heavy atom. The molecule has 0 fully saturated rings. The lowest BCUT2D eigenvalue weighted by molar-refractivity contribution is 0.301. The fourth-order valence-corrected chi connectivity index (χ4v) is 1.69. The van der Waals surface area contributed by atoms with E-state index in [1.54, 1.807) is 12.1 Å². The first kappa shape index (κ1) is 11.6. The van der Waals surface area contributed by atoms with Gasteiger partial charge in [0.05, 0.1) is 6.61 Å². The Bertz CT molecular complexity index is 541. The number of nitrogens with one attached hydrogen (secondary N) is 1. The number of aromatic nitrogens is 4. The molecule has 2 rings (SSSR count). The summed E-state index contributed by atoms with van der Waals surface area (Å²) in [4.78, 5) is 13.3. The lowest BCUT2D eigenvalue weighted by Gasteiger charge is -2.21. The number of aromatic amines is 1. The van der Waals surface area contributed by atoms with Crippen LogP contribution >= 0.6 is 0 Å². The van der Waals surface area contributed by atoms with Gasteiger partial charge in [0.1, 0.15) is 5.82 Å². The van der Waals surface area contributed by atoms with Crippen molar-refractivity contribution < 1.29 is 5.11 Å². The van der Waals surface area contributed by atoms with Gasteiger partial charge in [0.15, 0.2) is 5.65 Å². The molecule has 0 radical (unpaired) electrons. The molecule has 0 bridgehead atoms. The molecular formula is C10H15N5O2. The summed E-state index contributed by atoms with van der Waals surface area (Å²) in [5, 5.41) is 19.3. The normalized spacial score (nSPS) is 10.9. The first-order valence-electron chi connectivity index (χ1n) is 5.56. The van der Waals surface area contributed by atoms with Gasteiger partial charge < -0.3 is 10.0 Å². The number of anilines is 1. The van der Waals surface area contributed by atoms with Gasteiger partial charge >= 0.3 is 5.69 Å². The van der Waals surface area contributed by atoms with E-state index in [9.17, 15) is 4.79 Å². The molecule has 0 aliphatic heterocycles. The first-order chi connectivity index (χ1) is 8.26. The molecule has 0 unspecified atom stereocenters. The molecule has 92 valence electrons. The maximum absolute atomic E-state index is 11.4. The van der Waals surface area contributed by atoms with Crippen molar-refractivity contribution in [3.05, 3.63) is 22.6 Å². The summed E-state index contributed by atoms with van der Waals surface area (Å²) in [7, 11) is 0. The summed E-state index contributed by atoms with van der Waals surface area (Å²) in [5.41, 5.74) is 0.126. The average Bonchev–Trinajstić information content (AvgIpc) is 2.71. The van der Waals surface area contributed by atoms with E-state index >= 15 is 0 Å². The fraction of sp³-hybridized carbons (Fsp3) is 0.500. The predicted octanol–water partition coefficient (Wildman–Crippen LogP) is -0.374. The molecule has 0 aromatic carbocycles. The molecule has 2 N–H and O–H groups in total. The Balaban J connectivity index is 2.38. The number of aliphatic hydroxyl groups excluding tert-OH is 1. The van der Waals surface area contributed by atoms with E-state index in [1.807, 2.05) is 11.8 Å². The second-order valence-corrected chi connectivity index (χ2v) is 3.70. The summed E-state index contributed by atoms with van der Waals surface area (Å²) < 4.78 is 1.22. The van der Waals surface area contributed by atoms with Crippen molar-refractivity contribution in [3.8, 4) is 0 Å². The van der Waals surface area contributed by atoms with E-state index in [4.69, 9.17) is 5.11 Å². The summed E-state index contributed by atoms with van der Waals surface area (Å²) in [6.45, 7) is 3.39. The highest BCUT2D eigenvalue weighted by Crippen LogP contribution is 2.10. The van der Waals surface area contributed by atoms with Gasteiger partial charge in [-0.15, -0.1) is 5.10 Å². The van der Waals surface area contributed by atoms with Gasteiger partial charge in [-0.2, -0.15) is 9.61 Å². The number of nitrogens with zero attached hydrogens (tertiary/aromatic N) is 4. The van der Waals surface area contributed by atoms with Crippen molar-refractivity contribution in [1.82, 2.24) is 19.8 Å². The zero-order valence-electron chi connectivity index (χ0n) is 9.63. The minimum absolute atomic E-state index is 0.0556. The van der Waals surface area contributed by atoms with E-state index in [0.29, 0.717) is 18.0 Å². The molecule has 2 aromatic rings. The van der Waals surface area contributed by atoms with Gasteiger partial charge in [-0.3, -0.25) is 0 Å². The van der Waals surface area contributed by atoms with Crippen LogP contribution in [0.25, 0.3) is 5.65 Å². The van der Waals surface area contributed by atoms with Crippen molar-refractivity contribution in [3.63, 3.8) is 0 Å². The Morgan fingerprint density at radius 2 is 2.29 bits per heavy atom. The first-order valence-corrected chi connectivity index (χ1v) is 5.56. The second kappa shape index (κ2) is 4.96. The molecule has 0 spiro atoms. The third-order valence-electron chi connectivity index (χ3n) is 2.45. The highest BCUT2D eigenvalue weighted by atomic mass is 16.3. The van der Waals surface area contributed by atoms with Gasteiger partial charge in [0, 0.05) is 13.1 Å². The van der Waals surface area contributed by atoms with Crippen molar-refractivity contribution in [2.45, 2.75) is 13.3 Å². The van der Waals surface area contributed by atoms with Gasteiger partial charge in [-0.1, -0.05) is 6.92 Å². The topological polar surface area (TPSA) is 86.5 Å². The zero-order valence-corrected chi connectivity index (χ0v) is 9.63. The highest BCUT2D eigenvalue weighted by Gasteiger charge is 2.09. The van der Waals surface area contributed by atoms with Crippen molar-refractivity contribution >= 4 is 11.5 Å². The molecule has 0 aliphatic carbocycles. The average molecular weight is 237 g/mol. The van der Waals surface area contributed by atoms with Crippen molar-refractivity contribution in [2.75, 3.05) is 24.6 Å². The fourth-order valence-electron chi connectivity index (χ4n) is 1.69. The van der Waals surface area contributed by atoms with Gasteiger partial charge in [-0.25, -0.2) is 9.89 Å². The Morgan fingerprint density at radius 1 is 1.47 bits per heavy atom. The molecule has 17 heavy (non-hydrogen) atoms. The van der Waals surface area contributed by atoms with Crippen molar-refractivity contribution in [2.24, 2.45) is 0 Å². The molecule has 2 heterocycles. The summed E-state index contributed by atoms with van der Waals surface area (Å²) in [6, 6.07) is 3.52. The molecule has 0 atom stereocenters. The number of H-pyrrole nitrogens is 1. The van der Waals surface area contributed by atoms with Crippen LogP contribution in [0, 0.1) is 0 Å². The second-order valence-electron chi connectivity index (χ2n) is 3.70. The Labute approximate surface area is 97.7 Å². The largest absolute Gasteiger partial charge is 0.395 e. The predicted molar refractivity (Wildman–Crippen MR) is 63.2 cm³/mol. The number of fused-ring (bicyclic) bond motifs is 1. The highest BCUT2D eigenvalue weighted by molar-refractivity contribution is 5.44. The zero-order chi connectivity index (χ0) is 12.3. The van der Waals surface area contributed by atoms with Crippen LogP contribution < -0.4 is 10.6 Å². The van der Waals surface area contributed by atoms with E-state index in [1.165, 1.54) is 4.52 Å². The van der Waals surface area contributed by atoms with Gasteiger partial charge in [0.2, 0.25) is 0 Å².